The number of nitrogens with zero attached hydrogens (tertiary/aromatic N) is 1. The molecule has 1 atom stereocenters. The number of para-hydroxylation sites is 1. The molecule has 1 aliphatic heterocycles. The molecule has 1 N–H and O–H groups in total. The van der Waals surface area contributed by atoms with Gasteiger partial charge in [-0.15, -0.1) is 11.8 Å². The van der Waals surface area contributed by atoms with Crippen molar-refractivity contribution in [2.75, 3.05) is 16.0 Å². The minimum Gasteiger partial charge on any atom is -0.325 e. The van der Waals surface area contributed by atoms with Crippen LogP contribution in [-0.4, -0.2) is 17.6 Å². The van der Waals surface area contributed by atoms with Gasteiger partial charge in [-0.2, -0.15) is 0 Å². The maximum atomic E-state index is 14.3. The van der Waals surface area contributed by atoms with Crippen molar-refractivity contribution in [2.45, 2.75) is 18.2 Å². The Morgan fingerprint density at radius 2 is 1.92 bits per heavy atom. The lowest BCUT2D eigenvalue weighted by Gasteiger charge is -2.26. The van der Waals surface area contributed by atoms with Gasteiger partial charge in [-0.05, 0) is 31.0 Å². The summed E-state index contributed by atoms with van der Waals surface area (Å²) < 4.78 is 27.5. The van der Waals surface area contributed by atoms with Crippen molar-refractivity contribution in [3.8, 4) is 0 Å². The molecule has 134 valence electrons. The Balaban J connectivity index is 1.70. The molecule has 0 spiro atoms. The van der Waals surface area contributed by atoms with Gasteiger partial charge in [0.25, 0.3) is 0 Å². The molecular formula is C19H16F2N2O2S. The molecule has 7 heteroatoms. The van der Waals surface area contributed by atoms with E-state index in [0.29, 0.717) is 5.69 Å². The fraction of sp³-hybridized carbons (Fsp3) is 0.263. The summed E-state index contributed by atoms with van der Waals surface area (Å²) in [6.07, 6.45) is 1.77. The molecule has 2 fully saturated rings. The lowest BCUT2D eigenvalue weighted by atomic mass is 10.1. The molecule has 0 radical (unpaired) electrons. The average molecular weight is 374 g/mol. The highest BCUT2D eigenvalue weighted by atomic mass is 32.2. The first-order valence-corrected chi connectivity index (χ1v) is 9.38. The van der Waals surface area contributed by atoms with Crippen LogP contribution in [-0.2, 0) is 9.59 Å². The van der Waals surface area contributed by atoms with Gasteiger partial charge in [-0.3, -0.25) is 14.5 Å². The lowest BCUT2D eigenvalue weighted by molar-refractivity contribution is -0.117. The molecular weight excluding hydrogens is 358 g/mol. The Labute approximate surface area is 153 Å². The van der Waals surface area contributed by atoms with Crippen LogP contribution in [0.1, 0.15) is 23.8 Å². The predicted octanol–water partition coefficient (Wildman–Crippen LogP) is 4.09. The minimum absolute atomic E-state index is 0.0358. The van der Waals surface area contributed by atoms with Crippen LogP contribution in [0.5, 0.6) is 0 Å². The third-order valence-electron chi connectivity index (χ3n) is 4.47. The van der Waals surface area contributed by atoms with Gasteiger partial charge in [0.15, 0.2) is 0 Å². The van der Waals surface area contributed by atoms with E-state index < -0.39 is 17.0 Å². The number of thioether (sulfide) groups is 1. The van der Waals surface area contributed by atoms with Crippen LogP contribution >= 0.6 is 11.8 Å². The summed E-state index contributed by atoms with van der Waals surface area (Å²) in [4.78, 5) is 25.9. The molecule has 26 heavy (non-hydrogen) atoms. The quantitative estimate of drug-likeness (QED) is 0.877. The molecule has 2 aliphatic rings. The van der Waals surface area contributed by atoms with Gasteiger partial charge in [0.05, 0.1) is 11.4 Å². The van der Waals surface area contributed by atoms with Gasteiger partial charge in [0.2, 0.25) is 11.8 Å². The number of carbonyl (C=O) groups excluding carboxylic acids is 2. The van der Waals surface area contributed by atoms with Crippen LogP contribution in [0.15, 0.2) is 42.5 Å². The van der Waals surface area contributed by atoms with Gasteiger partial charge in [0.1, 0.15) is 17.0 Å². The number of rotatable bonds is 4. The number of amides is 2. The summed E-state index contributed by atoms with van der Waals surface area (Å²) in [5.74, 6) is -1.54. The van der Waals surface area contributed by atoms with E-state index in [1.54, 1.807) is 12.1 Å². The van der Waals surface area contributed by atoms with E-state index in [0.717, 1.165) is 30.5 Å². The van der Waals surface area contributed by atoms with Crippen LogP contribution in [0.3, 0.4) is 0 Å². The summed E-state index contributed by atoms with van der Waals surface area (Å²) >= 11 is 1.35. The Hall–Kier alpha value is -2.41. The zero-order valence-corrected chi connectivity index (χ0v) is 14.6. The summed E-state index contributed by atoms with van der Waals surface area (Å²) in [7, 11) is 0. The van der Waals surface area contributed by atoms with Crippen LogP contribution in [0.2, 0.25) is 0 Å². The van der Waals surface area contributed by atoms with Crippen molar-refractivity contribution < 1.29 is 18.4 Å². The van der Waals surface area contributed by atoms with Crippen molar-refractivity contribution >= 4 is 35.0 Å². The predicted molar refractivity (Wildman–Crippen MR) is 96.8 cm³/mol. The van der Waals surface area contributed by atoms with E-state index in [9.17, 15) is 18.4 Å². The zero-order valence-electron chi connectivity index (χ0n) is 13.7. The van der Waals surface area contributed by atoms with E-state index in [-0.39, 0.29) is 29.2 Å². The van der Waals surface area contributed by atoms with E-state index >= 15 is 0 Å². The van der Waals surface area contributed by atoms with Gasteiger partial charge < -0.3 is 5.32 Å². The third-order valence-corrected chi connectivity index (χ3v) is 5.66. The third kappa shape index (κ3) is 3.19. The molecule has 4 rings (SSSR count). The molecule has 1 aliphatic carbocycles. The number of hydrogen-bond acceptors (Lipinski definition) is 3. The van der Waals surface area contributed by atoms with Crippen molar-refractivity contribution in [3.05, 3.63) is 59.7 Å². The second-order valence-electron chi connectivity index (χ2n) is 6.37. The molecule has 2 aromatic carbocycles. The van der Waals surface area contributed by atoms with E-state index in [2.05, 4.69) is 5.32 Å². The Morgan fingerprint density at radius 3 is 2.65 bits per heavy atom. The maximum Gasteiger partial charge on any atom is 0.238 e. The highest BCUT2D eigenvalue weighted by molar-refractivity contribution is 8.00. The maximum absolute atomic E-state index is 14.3. The molecule has 0 bridgehead atoms. The number of benzene rings is 2. The van der Waals surface area contributed by atoms with Gasteiger partial charge in [0, 0.05) is 23.2 Å². The second-order valence-corrected chi connectivity index (χ2v) is 7.44. The van der Waals surface area contributed by atoms with Gasteiger partial charge >= 0.3 is 0 Å². The number of halogens is 2. The zero-order chi connectivity index (χ0) is 18.3. The van der Waals surface area contributed by atoms with Crippen LogP contribution in [0, 0.1) is 17.6 Å². The molecule has 1 saturated heterocycles. The van der Waals surface area contributed by atoms with E-state index in [1.165, 1.54) is 22.7 Å². The summed E-state index contributed by atoms with van der Waals surface area (Å²) in [5, 5.41) is 2.43. The summed E-state index contributed by atoms with van der Waals surface area (Å²) in [6, 6.07) is 10.4. The summed E-state index contributed by atoms with van der Waals surface area (Å²) in [5.41, 5.74) is 1.37. The second kappa shape index (κ2) is 6.72. The van der Waals surface area contributed by atoms with E-state index in [4.69, 9.17) is 0 Å². The smallest absolute Gasteiger partial charge is 0.238 e. The normalized spacial score (nSPS) is 19.7. The summed E-state index contributed by atoms with van der Waals surface area (Å²) in [6.45, 7) is 0. The van der Waals surface area contributed by atoms with Gasteiger partial charge in [-0.1, -0.05) is 18.2 Å². The molecule has 4 nitrogen and oxygen atoms in total. The molecule has 1 heterocycles. The van der Waals surface area contributed by atoms with Crippen LogP contribution in [0.4, 0.5) is 20.2 Å². The number of anilines is 2. The standard InChI is InChI=1S/C19H16F2N2O2S/c20-12-7-8-16(14(21)9-12)23-17(24)10-26-19(23)13-3-1-2-4-15(13)22-18(25)11-5-6-11/h1-4,7-9,11,19H,5-6,10H2,(H,22,25). The van der Waals surface area contributed by atoms with Crippen molar-refractivity contribution in [2.24, 2.45) is 5.92 Å². The molecule has 0 aromatic heterocycles. The molecule has 2 aromatic rings. The first kappa shape index (κ1) is 17.0. The number of carbonyl (C=O) groups is 2. The number of nitrogens with one attached hydrogen (secondary N) is 1. The molecule has 1 saturated carbocycles. The monoisotopic (exact) mass is 374 g/mol. The Kier molecular flexibility index (Phi) is 4.40. The van der Waals surface area contributed by atoms with Crippen LogP contribution in [0.25, 0.3) is 0 Å². The van der Waals surface area contributed by atoms with Crippen molar-refractivity contribution in [1.29, 1.82) is 0 Å². The molecule has 2 amide bonds. The number of hydrogen-bond donors (Lipinski definition) is 1. The minimum atomic E-state index is -0.787. The highest BCUT2D eigenvalue weighted by Gasteiger charge is 2.37. The lowest BCUT2D eigenvalue weighted by Crippen LogP contribution is -2.29. The SMILES string of the molecule is O=C(Nc1ccccc1C1SCC(=O)N1c1ccc(F)cc1F)C1CC1. The van der Waals surface area contributed by atoms with E-state index in [1.807, 2.05) is 12.1 Å². The first-order chi connectivity index (χ1) is 12.5. The van der Waals surface area contributed by atoms with Crippen LogP contribution < -0.4 is 10.2 Å². The largest absolute Gasteiger partial charge is 0.325 e. The van der Waals surface area contributed by atoms with Crippen molar-refractivity contribution in [1.82, 2.24) is 0 Å². The fourth-order valence-electron chi connectivity index (χ4n) is 3.00. The highest BCUT2D eigenvalue weighted by Crippen LogP contribution is 2.45. The average Bonchev–Trinajstić information content (AvgIpc) is 3.40. The first-order valence-electron chi connectivity index (χ1n) is 8.33. The van der Waals surface area contributed by atoms with Gasteiger partial charge in [-0.25, -0.2) is 8.78 Å². The molecule has 1 unspecified atom stereocenters. The topological polar surface area (TPSA) is 49.4 Å². The fourth-order valence-corrected chi connectivity index (χ4v) is 4.20. The van der Waals surface area contributed by atoms with Crippen molar-refractivity contribution in [3.63, 3.8) is 0 Å². The Morgan fingerprint density at radius 1 is 1.15 bits per heavy atom. The Bertz CT molecular complexity index is 886.